The second-order valence-electron chi connectivity index (χ2n) is 6.84. The van der Waals surface area contributed by atoms with Crippen LogP contribution in [0.15, 0.2) is 36.7 Å². The van der Waals surface area contributed by atoms with Crippen molar-refractivity contribution in [2.24, 2.45) is 0 Å². The molecule has 2 unspecified atom stereocenters. The summed E-state index contributed by atoms with van der Waals surface area (Å²) >= 11 is 5.81. The lowest BCUT2D eigenvalue weighted by Crippen LogP contribution is -2.31. The number of aliphatic hydroxyl groups is 1. The third-order valence-corrected chi connectivity index (χ3v) is 5.95. The smallest absolute Gasteiger partial charge is 0.387 e. The standard InChI is InChI=1S/C17H19ClFN6O5P/c18-17-23-14(20)12-15(24-17)25(8-21-12)16-11(19)13(26)10(30-16)7-29-31(27,28)22-6-9-4-2-1-3-5-9/h1-5,8,10-11,13,16,26H,6-7H2,(H2,20,23,24)(H2,22,27,28)/t10-,11-,13?,16-/m1/s1. The number of benzene rings is 1. The predicted molar refractivity (Wildman–Crippen MR) is 109 cm³/mol. The van der Waals surface area contributed by atoms with Gasteiger partial charge in [-0.1, -0.05) is 30.3 Å². The van der Waals surface area contributed by atoms with E-state index in [1.807, 2.05) is 6.07 Å². The largest absolute Gasteiger partial charge is 0.403 e. The van der Waals surface area contributed by atoms with Crippen LogP contribution in [0.1, 0.15) is 11.8 Å². The molecule has 1 aromatic carbocycles. The fraction of sp³-hybridized carbons (Fsp3) is 0.353. The van der Waals surface area contributed by atoms with Gasteiger partial charge in [0.2, 0.25) is 5.28 Å². The van der Waals surface area contributed by atoms with Crippen LogP contribution in [0.3, 0.4) is 0 Å². The van der Waals surface area contributed by atoms with Crippen molar-refractivity contribution in [3.63, 3.8) is 0 Å². The summed E-state index contributed by atoms with van der Waals surface area (Å²) in [6.45, 7) is -0.446. The number of hydrogen-bond donors (Lipinski definition) is 4. The summed E-state index contributed by atoms with van der Waals surface area (Å²) in [6.07, 6.45) is -4.82. The molecular formula is C17H19ClFN6O5P. The van der Waals surface area contributed by atoms with Gasteiger partial charge in [-0.3, -0.25) is 9.09 Å². The van der Waals surface area contributed by atoms with Crippen molar-refractivity contribution in [3.8, 4) is 0 Å². The molecule has 0 spiro atoms. The normalized spacial score (nSPS) is 25.7. The zero-order valence-electron chi connectivity index (χ0n) is 15.9. The summed E-state index contributed by atoms with van der Waals surface area (Å²) < 4.78 is 38.8. The Morgan fingerprint density at radius 3 is 2.84 bits per heavy atom. The molecule has 0 aliphatic carbocycles. The highest BCUT2D eigenvalue weighted by Crippen LogP contribution is 2.40. The molecule has 166 valence electrons. The van der Waals surface area contributed by atoms with E-state index in [0.29, 0.717) is 0 Å². The summed E-state index contributed by atoms with van der Waals surface area (Å²) in [5, 5.41) is 12.5. The van der Waals surface area contributed by atoms with Gasteiger partial charge in [0.25, 0.3) is 0 Å². The van der Waals surface area contributed by atoms with Gasteiger partial charge in [-0.15, -0.1) is 0 Å². The number of halogens is 2. The second kappa shape index (κ2) is 8.75. The van der Waals surface area contributed by atoms with Crippen LogP contribution >= 0.6 is 19.3 Å². The molecule has 2 aromatic heterocycles. The number of fused-ring (bicyclic) bond motifs is 1. The average molecular weight is 473 g/mol. The Morgan fingerprint density at radius 2 is 2.10 bits per heavy atom. The minimum atomic E-state index is -4.23. The number of rotatable bonds is 7. The van der Waals surface area contributed by atoms with Crippen LogP contribution in [0.4, 0.5) is 10.2 Å². The summed E-state index contributed by atoms with van der Waals surface area (Å²) in [5.41, 5.74) is 6.83. The highest BCUT2D eigenvalue weighted by molar-refractivity contribution is 7.50. The Bertz CT molecular complexity index is 1120. The molecule has 1 aliphatic rings. The van der Waals surface area contributed by atoms with Gasteiger partial charge in [0, 0.05) is 6.54 Å². The van der Waals surface area contributed by atoms with Gasteiger partial charge in [0.1, 0.15) is 17.7 Å². The first kappa shape index (κ1) is 22.0. The molecule has 5 N–H and O–H groups in total. The van der Waals surface area contributed by atoms with Crippen LogP contribution in [0, 0.1) is 0 Å². The number of imidazole rings is 1. The minimum absolute atomic E-state index is 0.00768. The number of ether oxygens (including phenoxy) is 1. The zero-order chi connectivity index (χ0) is 22.2. The van der Waals surface area contributed by atoms with Gasteiger partial charge < -0.3 is 20.5 Å². The molecule has 1 aliphatic heterocycles. The number of aromatic nitrogens is 4. The molecule has 3 heterocycles. The Labute approximate surface area is 180 Å². The monoisotopic (exact) mass is 472 g/mol. The Kier molecular flexibility index (Phi) is 6.22. The fourth-order valence-corrected chi connectivity index (χ4v) is 4.16. The van der Waals surface area contributed by atoms with Crippen LogP contribution in [0.5, 0.6) is 0 Å². The summed E-state index contributed by atoms with van der Waals surface area (Å²) in [6, 6.07) is 8.94. The summed E-state index contributed by atoms with van der Waals surface area (Å²) in [7, 11) is -4.23. The molecule has 11 nitrogen and oxygen atoms in total. The van der Waals surface area contributed by atoms with E-state index >= 15 is 0 Å². The Hall–Kier alpha value is -2.18. The van der Waals surface area contributed by atoms with Crippen molar-refractivity contribution in [2.75, 3.05) is 12.3 Å². The molecule has 4 rings (SSSR count). The highest BCUT2D eigenvalue weighted by Gasteiger charge is 2.46. The van der Waals surface area contributed by atoms with Crippen LogP contribution in [-0.4, -0.2) is 54.5 Å². The number of alkyl halides is 1. The van der Waals surface area contributed by atoms with Gasteiger partial charge >= 0.3 is 7.75 Å². The molecule has 5 atom stereocenters. The molecule has 0 saturated carbocycles. The fourth-order valence-electron chi connectivity index (χ4n) is 3.17. The third-order valence-electron chi connectivity index (χ3n) is 4.73. The van der Waals surface area contributed by atoms with E-state index in [-0.39, 0.29) is 28.8 Å². The first-order valence-corrected chi connectivity index (χ1v) is 11.1. The van der Waals surface area contributed by atoms with Gasteiger partial charge in [-0.25, -0.2) is 19.0 Å². The van der Waals surface area contributed by atoms with E-state index in [1.54, 1.807) is 24.3 Å². The summed E-state index contributed by atoms with van der Waals surface area (Å²) in [4.78, 5) is 21.8. The average Bonchev–Trinajstić information content (AvgIpc) is 3.27. The van der Waals surface area contributed by atoms with Gasteiger partial charge in [0.15, 0.2) is 23.9 Å². The molecule has 3 aromatic rings. The van der Waals surface area contributed by atoms with Gasteiger partial charge in [-0.05, 0) is 17.2 Å². The van der Waals surface area contributed by atoms with Crippen LogP contribution in [0.2, 0.25) is 5.28 Å². The maximum Gasteiger partial charge on any atom is 0.403 e. The number of nitrogens with zero attached hydrogens (tertiary/aromatic N) is 4. The van der Waals surface area contributed by atoms with Gasteiger partial charge in [-0.2, -0.15) is 9.97 Å². The Morgan fingerprint density at radius 1 is 1.35 bits per heavy atom. The lowest BCUT2D eigenvalue weighted by atomic mass is 10.1. The number of nitrogen functional groups attached to an aromatic ring is 1. The lowest BCUT2D eigenvalue weighted by molar-refractivity contribution is -0.0430. The molecule has 1 saturated heterocycles. The van der Waals surface area contributed by atoms with Crippen molar-refractivity contribution in [3.05, 3.63) is 47.5 Å². The van der Waals surface area contributed by atoms with E-state index in [0.717, 1.165) is 5.56 Å². The number of aliphatic hydroxyl groups excluding tert-OH is 1. The van der Waals surface area contributed by atoms with Crippen LogP contribution < -0.4 is 10.8 Å². The number of hydrogen-bond acceptors (Lipinski definition) is 8. The molecule has 0 bridgehead atoms. The van der Waals surface area contributed by atoms with Crippen molar-refractivity contribution in [1.29, 1.82) is 0 Å². The Balaban J connectivity index is 1.43. The predicted octanol–water partition coefficient (Wildman–Crippen LogP) is 1.57. The van der Waals surface area contributed by atoms with Crippen molar-refractivity contribution in [2.45, 2.75) is 31.2 Å². The first-order valence-electron chi connectivity index (χ1n) is 9.15. The van der Waals surface area contributed by atoms with E-state index < -0.39 is 39.0 Å². The number of nitrogens with two attached hydrogens (primary N) is 1. The van der Waals surface area contributed by atoms with E-state index in [9.17, 15) is 19.0 Å². The number of anilines is 1. The van der Waals surface area contributed by atoms with Crippen molar-refractivity contribution in [1.82, 2.24) is 24.6 Å². The quantitative estimate of drug-likeness (QED) is 0.294. The zero-order valence-corrected chi connectivity index (χ0v) is 17.5. The maximum atomic E-state index is 14.8. The summed E-state index contributed by atoms with van der Waals surface area (Å²) in [5.74, 6) is 0.00768. The molecule has 1 fully saturated rings. The van der Waals surface area contributed by atoms with Crippen LogP contribution in [0.25, 0.3) is 11.2 Å². The van der Waals surface area contributed by atoms with Crippen molar-refractivity contribution < 1.29 is 28.2 Å². The minimum Gasteiger partial charge on any atom is -0.387 e. The lowest BCUT2D eigenvalue weighted by Gasteiger charge is -2.18. The number of nitrogens with one attached hydrogen (secondary N) is 1. The highest BCUT2D eigenvalue weighted by atomic mass is 35.5. The topological polar surface area (TPSA) is 158 Å². The van der Waals surface area contributed by atoms with Crippen LogP contribution in [-0.2, 0) is 20.4 Å². The SMILES string of the molecule is Nc1nc(Cl)nc2c1ncn2[C@@H]1O[C@H](COP(=O)(O)NCc2ccccc2)C(O)[C@H]1F. The van der Waals surface area contributed by atoms with E-state index in [4.69, 9.17) is 26.6 Å². The molecule has 0 amide bonds. The maximum absolute atomic E-state index is 14.8. The van der Waals surface area contributed by atoms with Crippen molar-refractivity contribution >= 4 is 36.3 Å². The molecule has 14 heteroatoms. The molecule has 31 heavy (non-hydrogen) atoms. The van der Waals surface area contributed by atoms with E-state index in [1.165, 1.54) is 10.9 Å². The first-order chi connectivity index (χ1) is 14.7. The second-order valence-corrected chi connectivity index (χ2v) is 8.79. The molecule has 0 radical (unpaired) electrons. The van der Waals surface area contributed by atoms with E-state index in [2.05, 4.69) is 20.0 Å². The molecular weight excluding hydrogens is 454 g/mol. The third kappa shape index (κ3) is 4.70. The van der Waals surface area contributed by atoms with Gasteiger partial charge in [0.05, 0.1) is 12.9 Å².